The molecule has 0 bridgehead atoms. The van der Waals surface area contributed by atoms with E-state index in [-0.39, 0.29) is 18.1 Å². The number of rotatable bonds is 15. The van der Waals surface area contributed by atoms with Crippen molar-refractivity contribution in [1.29, 1.82) is 5.41 Å². The van der Waals surface area contributed by atoms with E-state index in [1.165, 1.54) is 7.11 Å². The second-order valence-corrected chi connectivity index (χ2v) is 11.3. The van der Waals surface area contributed by atoms with Crippen molar-refractivity contribution in [1.82, 2.24) is 5.32 Å². The van der Waals surface area contributed by atoms with Crippen molar-refractivity contribution in [3.05, 3.63) is 161 Å². The first-order valence-electron chi connectivity index (χ1n) is 15.7. The monoisotopic (exact) mass is 671 g/mol. The van der Waals surface area contributed by atoms with Crippen molar-refractivity contribution in [3.63, 3.8) is 0 Å². The number of carbonyl (C=O) groups excluding carboxylic acids is 2. The number of nitrogens with two attached hydrogens (primary N) is 1. The minimum atomic E-state index is -1.34. The molecule has 0 aliphatic carbocycles. The summed E-state index contributed by atoms with van der Waals surface area (Å²) in [6.07, 6.45) is -0.943. The Morgan fingerprint density at radius 2 is 1.34 bits per heavy atom. The third-order valence-corrected chi connectivity index (χ3v) is 7.84. The van der Waals surface area contributed by atoms with Crippen LogP contribution in [0.3, 0.4) is 0 Å². The maximum Gasteiger partial charge on any atom is 0.330 e. The summed E-state index contributed by atoms with van der Waals surface area (Å²) in [5, 5.41) is 26.5. The van der Waals surface area contributed by atoms with Gasteiger partial charge in [-0.15, -0.1) is 0 Å². The second-order valence-electron chi connectivity index (χ2n) is 11.3. The highest BCUT2D eigenvalue weighted by molar-refractivity contribution is 5.97. The summed E-state index contributed by atoms with van der Waals surface area (Å²) in [6.45, 7) is 0.206. The lowest BCUT2D eigenvalue weighted by molar-refractivity contribution is -0.142. The summed E-state index contributed by atoms with van der Waals surface area (Å²) in [5.74, 6) is -2.13. The second kappa shape index (κ2) is 16.6. The molecule has 50 heavy (non-hydrogen) atoms. The van der Waals surface area contributed by atoms with E-state index in [1.54, 1.807) is 97.1 Å². The molecule has 3 atom stereocenters. The van der Waals surface area contributed by atoms with Gasteiger partial charge in [-0.3, -0.25) is 15.0 Å². The molecule has 254 valence electrons. The van der Waals surface area contributed by atoms with Gasteiger partial charge < -0.3 is 36.3 Å². The molecule has 11 nitrogen and oxygen atoms in total. The highest BCUT2D eigenvalue weighted by atomic mass is 16.5. The van der Waals surface area contributed by atoms with E-state index in [9.17, 15) is 19.5 Å². The Morgan fingerprint density at radius 3 is 1.92 bits per heavy atom. The van der Waals surface area contributed by atoms with Crippen molar-refractivity contribution in [3.8, 4) is 5.75 Å². The number of nitrogen functional groups attached to an aromatic ring is 1. The Hall–Kier alpha value is -6.46. The van der Waals surface area contributed by atoms with Crippen LogP contribution in [-0.4, -0.2) is 35.8 Å². The van der Waals surface area contributed by atoms with Crippen molar-refractivity contribution in [2.45, 2.75) is 24.8 Å². The molecule has 0 saturated heterocycles. The maximum atomic E-state index is 14.1. The molecule has 2 unspecified atom stereocenters. The Balaban J connectivity index is 1.53. The summed E-state index contributed by atoms with van der Waals surface area (Å²) in [6, 6.07) is 35.9. The zero-order valence-corrected chi connectivity index (χ0v) is 27.2. The number of amides is 2. The van der Waals surface area contributed by atoms with Gasteiger partial charge in [-0.05, 0) is 58.7 Å². The van der Waals surface area contributed by atoms with Gasteiger partial charge in [-0.2, -0.15) is 0 Å². The molecule has 5 aromatic rings. The number of hydrogen-bond acceptors (Lipinski definition) is 7. The molecule has 0 fully saturated rings. The number of methoxy groups -OCH3 is 1. The standard InChI is InChI=1S/C39H37N5O6/c1-49-35(27-15-9-4-10-16-27)38(46)43-31-23-29(19-22-32(31)50-24-25-11-5-2-6-12-25)33(42-30-20-17-28(18-21-30)36(40)41)37(45)44-34(39(47)48)26-13-7-3-8-14-26/h2-23,33-35,42H,24H2,1H3,(H3,40,41)(H,43,46)(H,44,45)(H,47,48)/t33-,34?,35?/m0/s1. The zero-order valence-electron chi connectivity index (χ0n) is 27.2. The van der Waals surface area contributed by atoms with Gasteiger partial charge in [0.15, 0.2) is 12.1 Å². The first-order chi connectivity index (χ1) is 24.2. The number of benzene rings is 5. The molecule has 2 amide bonds. The molecule has 7 N–H and O–H groups in total. The van der Waals surface area contributed by atoms with Crippen LogP contribution >= 0.6 is 0 Å². The van der Waals surface area contributed by atoms with Crippen LogP contribution < -0.4 is 26.4 Å². The highest BCUT2D eigenvalue weighted by Gasteiger charge is 2.29. The average Bonchev–Trinajstić information content (AvgIpc) is 3.14. The number of hydrogen-bond donors (Lipinski definition) is 6. The largest absolute Gasteiger partial charge is 0.487 e. The van der Waals surface area contributed by atoms with Crippen LogP contribution in [-0.2, 0) is 25.7 Å². The molecular weight excluding hydrogens is 634 g/mol. The number of nitrogens with one attached hydrogen (secondary N) is 4. The maximum absolute atomic E-state index is 14.1. The lowest BCUT2D eigenvalue weighted by Gasteiger charge is -2.24. The van der Waals surface area contributed by atoms with Crippen molar-refractivity contribution in [2.24, 2.45) is 5.73 Å². The number of ether oxygens (including phenoxy) is 2. The SMILES string of the molecule is COC(C(=O)Nc1cc([C@H](Nc2ccc(C(=N)N)cc2)C(=O)NC(C(=O)O)c2ccccc2)ccc1OCc1ccccc1)c1ccccc1. The lowest BCUT2D eigenvalue weighted by atomic mass is 10.0. The average molecular weight is 672 g/mol. The number of carboxylic acids is 1. The number of carboxylic acid groups (broad SMARTS) is 1. The molecule has 0 saturated carbocycles. The number of carbonyl (C=O) groups is 3. The van der Waals surface area contributed by atoms with Gasteiger partial charge >= 0.3 is 5.97 Å². The Kier molecular flexibility index (Phi) is 11.6. The third-order valence-electron chi connectivity index (χ3n) is 7.84. The summed E-state index contributed by atoms with van der Waals surface area (Å²) < 4.78 is 11.7. The normalized spacial score (nSPS) is 12.5. The molecular formula is C39H37N5O6. The van der Waals surface area contributed by atoms with E-state index >= 15 is 0 Å². The molecule has 0 aliphatic heterocycles. The molecule has 0 heterocycles. The fraction of sp³-hybridized carbons (Fsp3) is 0.128. The zero-order chi connectivity index (χ0) is 35.5. The predicted molar refractivity (Wildman–Crippen MR) is 191 cm³/mol. The molecule has 5 aromatic carbocycles. The summed E-state index contributed by atoms with van der Waals surface area (Å²) in [4.78, 5) is 40.0. The minimum absolute atomic E-state index is 0.116. The minimum Gasteiger partial charge on any atom is -0.487 e. The van der Waals surface area contributed by atoms with E-state index in [2.05, 4.69) is 16.0 Å². The smallest absolute Gasteiger partial charge is 0.330 e. The van der Waals surface area contributed by atoms with Crippen LogP contribution in [0.1, 0.15) is 46.0 Å². The third kappa shape index (κ3) is 8.91. The Morgan fingerprint density at radius 1 is 0.740 bits per heavy atom. The van der Waals surface area contributed by atoms with Gasteiger partial charge in [-0.25, -0.2) is 4.79 Å². The molecule has 0 aromatic heterocycles. The van der Waals surface area contributed by atoms with Crippen LogP contribution in [0.15, 0.2) is 133 Å². The van der Waals surface area contributed by atoms with Crippen LogP contribution in [0.4, 0.5) is 11.4 Å². The van der Waals surface area contributed by atoms with E-state index in [1.807, 2.05) is 36.4 Å². The number of amidine groups is 1. The van der Waals surface area contributed by atoms with E-state index in [0.29, 0.717) is 33.7 Å². The van der Waals surface area contributed by atoms with Gasteiger partial charge in [0, 0.05) is 18.4 Å². The quantitative estimate of drug-likeness (QED) is 0.0583. The summed E-state index contributed by atoms with van der Waals surface area (Å²) in [5.41, 5.74) is 9.22. The van der Waals surface area contributed by atoms with Crippen LogP contribution in [0.5, 0.6) is 5.75 Å². The topological polar surface area (TPSA) is 176 Å². The Labute approximate surface area is 289 Å². The molecule has 0 spiro atoms. The van der Waals surface area contributed by atoms with Crippen LogP contribution in [0.2, 0.25) is 0 Å². The molecule has 0 aliphatic rings. The summed E-state index contributed by atoms with van der Waals surface area (Å²) >= 11 is 0. The number of anilines is 2. The van der Waals surface area contributed by atoms with Crippen LogP contribution in [0.25, 0.3) is 0 Å². The van der Waals surface area contributed by atoms with E-state index in [4.69, 9.17) is 20.6 Å². The fourth-order valence-electron chi connectivity index (χ4n) is 5.28. The fourth-order valence-corrected chi connectivity index (χ4v) is 5.28. The molecule has 11 heteroatoms. The number of aliphatic carboxylic acids is 1. The highest BCUT2D eigenvalue weighted by Crippen LogP contribution is 2.33. The predicted octanol–water partition coefficient (Wildman–Crippen LogP) is 5.97. The van der Waals surface area contributed by atoms with E-state index < -0.39 is 36.0 Å². The van der Waals surface area contributed by atoms with Crippen LogP contribution in [0, 0.1) is 5.41 Å². The molecule has 5 rings (SSSR count). The first-order valence-corrected chi connectivity index (χ1v) is 15.7. The van der Waals surface area contributed by atoms with Gasteiger partial charge in [0.25, 0.3) is 5.91 Å². The lowest BCUT2D eigenvalue weighted by Crippen LogP contribution is -2.39. The van der Waals surface area contributed by atoms with Gasteiger partial charge in [-0.1, -0.05) is 97.1 Å². The van der Waals surface area contributed by atoms with Crippen molar-refractivity contribution < 1.29 is 29.0 Å². The summed E-state index contributed by atoms with van der Waals surface area (Å²) in [7, 11) is 1.44. The van der Waals surface area contributed by atoms with Gasteiger partial charge in [0.2, 0.25) is 5.91 Å². The van der Waals surface area contributed by atoms with E-state index in [0.717, 1.165) is 5.56 Å². The van der Waals surface area contributed by atoms with Gasteiger partial charge in [0.1, 0.15) is 24.2 Å². The first kappa shape index (κ1) is 34.9. The van der Waals surface area contributed by atoms with Crippen molar-refractivity contribution >= 4 is 35.0 Å². The van der Waals surface area contributed by atoms with Crippen molar-refractivity contribution in [2.75, 3.05) is 17.7 Å². The van der Waals surface area contributed by atoms with Gasteiger partial charge in [0.05, 0.1) is 5.69 Å². The molecule has 0 radical (unpaired) electrons. The Bertz CT molecular complexity index is 1920.